The predicted octanol–water partition coefficient (Wildman–Crippen LogP) is 5.14. The van der Waals surface area contributed by atoms with Gasteiger partial charge in [0.15, 0.2) is 0 Å². The fraction of sp³-hybridized carbons (Fsp3) is 0.471. The molecule has 4 nitrogen and oxygen atoms in total. The Morgan fingerprint density at radius 3 is 2.41 bits per heavy atom. The second-order valence-corrected chi connectivity index (χ2v) is 7.67. The number of rotatable bonds is 6. The first-order valence-corrected chi connectivity index (χ1v) is 9.09. The van der Waals surface area contributed by atoms with Crippen molar-refractivity contribution in [3.63, 3.8) is 0 Å². The highest BCUT2D eigenvalue weighted by Gasteiger charge is 2.47. The van der Waals surface area contributed by atoms with Gasteiger partial charge >= 0.3 is 7.60 Å². The third-order valence-electron chi connectivity index (χ3n) is 4.21. The predicted molar refractivity (Wildman–Crippen MR) is 91.3 cm³/mol. The van der Waals surface area contributed by atoms with Crippen molar-refractivity contribution in [2.75, 3.05) is 13.2 Å². The molecular weight excluding hydrogens is 297 g/mol. The van der Waals surface area contributed by atoms with E-state index in [0.29, 0.717) is 18.5 Å². The van der Waals surface area contributed by atoms with Gasteiger partial charge in [0.2, 0.25) is 0 Å². The van der Waals surface area contributed by atoms with Crippen molar-refractivity contribution in [3.8, 4) is 0 Å². The molecule has 0 amide bonds. The van der Waals surface area contributed by atoms with Gasteiger partial charge in [0, 0.05) is 5.71 Å². The molecule has 120 valence electrons. The zero-order valence-corrected chi connectivity index (χ0v) is 14.9. The summed E-state index contributed by atoms with van der Waals surface area (Å²) in [5.41, 5.74) is 3.25. The Morgan fingerprint density at radius 2 is 1.86 bits per heavy atom. The molecule has 1 aliphatic rings. The van der Waals surface area contributed by atoms with Crippen LogP contribution >= 0.6 is 7.60 Å². The van der Waals surface area contributed by atoms with Crippen molar-refractivity contribution in [1.82, 2.24) is 0 Å². The van der Waals surface area contributed by atoms with Gasteiger partial charge in [-0.3, -0.25) is 9.56 Å². The number of hydrogen-bond acceptors (Lipinski definition) is 4. The van der Waals surface area contributed by atoms with Crippen molar-refractivity contribution in [2.24, 2.45) is 4.99 Å². The van der Waals surface area contributed by atoms with E-state index in [1.807, 2.05) is 32.9 Å². The number of allylic oxidation sites excluding steroid dienone is 1. The average molecular weight is 321 g/mol. The van der Waals surface area contributed by atoms with Crippen molar-refractivity contribution in [1.29, 1.82) is 0 Å². The van der Waals surface area contributed by atoms with Crippen LogP contribution in [-0.4, -0.2) is 18.9 Å². The summed E-state index contributed by atoms with van der Waals surface area (Å²) in [5, 5.41) is 0.453. The number of aliphatic imine (C=N–C) groups is 1. The topological polar surface area (TPSA) is 47.9 Å². The van der Waals surface area contributed by atoms with Crippen LogP contribution in [0.5, 0.6) is 0 Å². The van der Waals surface area contributed by atoms with Gasteiger partial charge in [-0.2, -0.15) is 0 Å². The first-order valence-electron chi connectivity index (χ1n) is 7.55. The SMILES string of the molecule is C=C(C1(C)C(C)=Nc2ccc(C)cc21)P(=O)(OCC)OCC. The number of nitrogens with zero attached hydrogens (tertiary/aromatic N) is 1. The molecule has 1 atom stereocenters. The lowest BCUT2D eigenvalue weighted by Gasteiger charge is -2.32. The normalized spacial score (nSPS) is 20.7. The molecule has 0 saturated carbocycles. The lowest BCUT2D eigenvalue weighted by molar-refractivity contribution is 0.224. The summed E-state index contributed by atoms with van der Waals surface area (Å²) in [7, 11) is -3.41. The molecule has 0 saturated heterocycles. The Morgan fingerprint density at radius 1 is 1.27 bits per heavy atom. The molecule has 0 bridgehead atoms. The second kappa shape index (κ2) is 6.11. The van der Waals surface area contributed by atoms with Crippen molar-refractivity contribution in [2.45, 2.75) is 40.0 Å². The van der Waals surface area contributed by atoms with E-state index in [4.69, 9.17) is 9.05 Å². The van der Waals surface area contributed by atoms with Crippen LogP contribution in [0, 0.1) is 6.92 Å². The van der Waals surface area contributed by atoms with Crippen molar-refractivity contribution < 1.29 is 13.6 Å². The highest BCUT2D eigenvalue weighted by molar-refractivity contribution is 7.58. The van der Waals surface area contributed by atoms with E-state index in [1.165, 1.54) is 0 Å². The smallest absolute Gasteiger partial charge is 0.306 e. The molecule has 5 heteroatoms. The minimum atomic E-state index is -3.41. The Bertz CT molecular complexity index is 670. The Labute approximate surface area is 132 Å². The number of benzene rings is 1. The molecule has 1 unspecified atom stereocenters. The van der Waals surface area contributed by atoms with Gasteiger partial charge in [0.05, 0.1) is 29.6 Å². The third-order valence-corrected chi connectivity index (χ3v) is 6.51. The minimum Gasteiger partial charge on any atom is -0.306 e. The highest BCUT2D eigenvalue weighted by atomic mass is 31.2. The van der Waals surface area contributed by atoms with E-state index in [2.05, 4.69) is 17.6 Å². The molecule has 0 spiro atoms. The van der Waals surface area contributed by atoms with E-state index in [0.717, 1.165) is 22.5 Å². The second-order valence-electron chi connectivity index (χ2n) is 5.62. The van der Waals surface area contributed by atoms with Crippen LogP contribution in [-0.2, 0) is 19.0 Å². The van der Waals surface area contributed by atoms with Gasteiger partial charge in [-0.1, -0.05) is 24.3 Å². The summed E-state index contributed by atoms with van der Waals surface area (Å²) in [6.45, 7) is 14.3. The molecule has 0 fully saturated rings. The van der Waals surface area contributed by atoms with E-state index < -0.39 is 13.0 Å². The summed E-state index contributed by atoms with van der Waals surface area (Å²) in [4.78, 5) is 4.62. The van der Waals surface area contributed by atoms with Crippen molar-refractivity contribution in [3.05, 3.63) is 41.2 Å². The van der Waals surface area contributed by atoms with Gasteiger partial charge < -0.3 is 9.05 Å². The number of aryl methyl sites for hydroxylation is 1. The van der Waals surface area contributed by atoms with Crippen LogP contribution < -0.4 is 0 Å². The zero-order valence-electron chi connectivity index (χ0n) is 14.0. The molecular formula is C17H24NO3P. The zero-order chi connectivity index (χ0) is 16.5. The number of hydrogen-bond donors (Lipinski definition) is 0. The van der Waals surface area contributed by atoms with E-state index >= 15 is 0 Å². The molecule has 0 aromatic heterocycles. The fourth-order valence-electron chi connectivity index (χ4n) is 2.81. The minimum absolute atomic E-state index is 0.309. The van der Waals surface area contributed by atoms with Gasteiger partial charge in [-0.05, 0) is 46.2 Å². The van der Waals surface area contributed by atoms with Gasteiger partial charge in [-0.15, -0.1) is 0 Å². The molecule has 0 radical (unpaired) electrons. The van der Waals surface area contributed by atoms with Crippen LogP contribution in [0.2, 0.25) is 0 Å². The lowest BCUT2D eigenvalue weighted by Crippen LogP contribution is -2.30. The number of fused-ring (bicyclic) bond motifs is 1. The summed E-state index contributed by atoms with van der Waals surface area (Å²) in [5.74, 6) is 0. The molecule has 22 heavy (non-hydrogen) atoms. The van der Waals surface area contributed by atoms with Crippen molar-refractivity contribution >= 4 is 19.0 Å². The van der Waals surface area contributed by atoms with Gasteiger partial charge in [0.25, 0.3) is 0 Å². The molecule has 1 heterocycles. The molecule has 1 aliphatic heterocycles. The Balaban J connectivity index is 2.55. The largest absolute Gasteiger partial charge is 0.358 e. The summed E-state index contributed by atoms with van der Waals surface area (Å²) >= 11 is 0. The van der Waals surface area contributed by atoms with Crippen LogP contribution in [0.3, 0.4) is 0 Å². The first kappa shape index (κ1) is 17.1. The highest BCUT2D eigenvalue weighted by Crippen LogP contribution is 2.63. The standard InChI is InChI=1S/C17H24NO3P/c1-7-20-22(19,21-8-2)14(5)17(6)13(4)18-16-10-9-12(3)11-15(16)17/h9-11H,5,7-8H2,1-4,6H3. The maximum absolute atomic E-state index is 13.1. The third kappa shape index (κ3) is 2.60. The van der Waals surface area contributed by atoms with Gasteiger partial charge in [0.1, 0.15) is 0 Å². The fourth-order valence-corrected chi connectivity index (χ4v) is 4.70. The maximum Gasteiger partial charge on any atom is 0.358 e. The monoisotopic (exact) mass is 321 g/mol. The van der Waals surface area contributed by atoms with Crippen LogP contribution in [0.15, 0.2) is 35.1 Å². The lowest BCUT2D eigenvalue weighted by atomic mass is 9.79. The summed E-state index contributed by atoms with van der Waals surface area (Å²) in [6.07, 6.45) is 0. The molecule has 0 aliphatic carbocycles. The summed E-state index contributed by atoms with van der Waals surface area (Å²) < 4.78 is 24.1. The molecule has 0 N–H and O–H groups in total. The molecule has 1 aromatic rings. The van der Waals surface area contributed by atoms with Crippen LogP contribution in [0.1, 0.15) is 38.8 Å². The van der Waals surface area contributed by atoms with Crippen LogP contribution in [0.25, 0.3) is 0 Å². The Hall–Kier alpha value is -1.22. The van der Waals surface area contributed by atoms with Gasteiger partial charge in [-0.25, -0.2) is 0 Å². The average Bonchev–Trinajstić information content (AvgIpc) is 2.71. The van der Waals surface area contributed by atoms with E-state index in [1.54, 1.807) is 13.8 Å². The first-order chi connectivity index (χ1) is 10.3. The maximum atomic E-state index is 13.1. The molecule has 1 aromatic carbocycles. The summed E-state index contributed by atoms with van der Waals surface area (Å²) in [6, 6.07) is 6.08. The molecule has 2 rings (SSSR count). The quantitative estimate of drug-likeness (QED) is 0.682. The van der Waals surface area contributed by atoms with E-state index in [-0.39, 0.29) is 0 Å². The van der Waals surface area contributed by atoms with E-state index in [9.17, 15) is 4.57 Å². The van der Waals surface area contributed by atoms with Crippen LogP contribution in [0.4, 0.5) is 5.69 Å². The Kier molecular flexibility index (Phi) is 4.76.